The molecule has 0 atom stereocenters. The standard InChI is InChI=1S/C21H24N4O3S2/c1-13(2)12-19-23-24-21(29-19)22-20(26)16-8-10-17(11-9-16)30(27,28)25-18-7-5-6-14(3)15(18)4/h5-11,13,25H,12H2,1-4H3,(H,22,24,26). The first kappa shape index (κ1) is 21.9. The summed E-state index contributed by atoms with van der Waals surface area (Å²) in [6, 6.07) is 11.2. The van der Waals surface area contributed by atoms with Crippen LogP contribution in [0.25, 0.3) is 0 Å². The lowest BCUT2D eigenvalue weighted by Crippen LogP contribution is -2.15. The lowest BCUT2D eigenvalue weighted by Gasteiger charge is -2.12. The van der Waals surface area contributed by atoms with Crippen LogP contribution in [0.3, 0.4) is 0 Å². The van der Waals surface area contributed by atoms with E-state index in [1.165, 1.54) is 35.6 Å². The first-order chi connectivity index (χ1) is 14.2. The Kier molecular flexibility index (Phi) is 6.52. The van der Waals surface area contributed by atoms with Gasteiger partial charge in [-0.1, -0.05) is 37.3 Å². The molecule has 0 aliphatic heterocycles. The third-order valence-corrected chi connectivity index (χ3v) is 6.79. The van der Waals surface area contributed by atoms with Crippen molar-refractivity contribution < 1.29 is 13.2 Å². The molecule has 1 aromatic heterocycles. The first-order valence-electron chi connectivity index (χ1n) is 9.48. The van der Waals surface area contributed by atoms with Crippen LogP contribution in [-0.2, 0) is 16.4 Å². The van der Waals surface area contributed by atoms with E-state index in [0.717, 1.165) is 22.6 Å². The van der Waals surface area contributed by atoms with Gasteiger partial charge in [0, 0.05) is 12.0 Å². The average molecular weight is 445 g/mol. The number of rotatable bonds is 7. The zero-order chi connectivity index (χ0) is 21.9. The van der Waals surface area contributed by atoms with Gasteiger partial charge in [0.2, 0.25) is 5.13 Å². The minimum Gasteiger partial charge on any atom is -0.296 e. The first-order valence-corrected chi connectivity index (χ1v) is 11.8. The molecule has 0 saturated heterocycles. The lowest BCUT2D eigenvalue weighted by molar-refractivity contribution is 0.102. The van der Waals surface area contributed by atoms with Crippen molar-refractivity contribution in [1.82, 2.24) is 10.2 Å². The van der Waals surface area contributed by atoms with E-state index < -0.39 is 10.0 Å². The molecule has 0 unspecified atom stereocenters. The molecule has 30 heavy (non-hydrogen) atoms. The highest BCUT2D eigenvalue weighted by atomic mass is 32.2. The fraction of sp³-hybridized carbons (Fsp3) is 0.286. The second-order valence-electron chi connectivity index (χ2n) is 7.43. The van der Waals surface area contributed by atoms with Gasteiger partial charge in [0.15, 0.2) is 0 Å². The van der Waals surface area contributed by atoms with Gasteiger partial charge in [-0.25, -0.2) is 8.42 Å². The number of aryl methyl sites for hydroxylation is 1. The maximum Gasteiger partial charge on any atom is 0.261 e. The number of hydrogen-bond acceptors (Lipinski definition) is 6. The molecule has 2 aromatic carbocycles. The number of amides is 1. The van der Waals surface area contributed by atoms with E-state index in [1.54, 1.807) is 12.1 Å². The number of carbonyl (C=O) groups excluding carboxylic acids is 1. The van der Waals surface area contributed by atoms with Crippen molar-refractivity contribution in [2.24, 2.45) is 5.92 Å². The highest BCUT2D eigenvalue weighted by Gasteiger charge is 2.17. The van der Waals surface area contributed by atoms with Crippen molar-refractivity contribution in [2.75, 3.05) is 10.0 Å². The zero-order valence-electron chi connectivity index (χ0n) is 17.3. The van der Waals surface area contributed by atoms with Crippen molar-refractivity contribution in [3.05, 3.63) is 64.2 Å². The fourth-order valence-electron chi connectivity index (χ4n) is 2.76. The molecule has 0 aliphatic carbocycles. The van der Waals surface area contributed by atoms with Crippen molar-refractivity contribution >= 4 is 38.1 Å². The average Bonchev–Trinajstić information content (AvgIpc) is 3.11. The third-order valence-electron chi connectivity index (χ3n) is 4.55. The SMILES string of the molecule is Cc1cccc(NS(=O)(=O)c2ccc(C(=O)Nc3nnc(CC(C)C)s3)cc2)c1C. The molecule has 9 heteroatoms. The van der Waals surface area contributed by atoms with Crippen molar-refractivity contribution in [1.29, 1.82) is 0 Å². The van der Waals surface area contributed by atoms with Gasteiger partial charge >= 0.3 is 0 Å². The summed E-state index contributed by atoms with van der Waals surface area (Å²) in [5.41, 5.74) is 2.73. The van der Waals surface area contributed by atoms with Crippen LogP contribution in [-0.4, -0.2) is 24.5 Å². The largest absolute Gasteiger partial charge is 0.296 e. The molecule has 0 aliphatic rings. The Balaban J connectivity index is 1.71. The van der Waals surface area contributed by atoms with Crippen LogP contribution in [0.1, 0.15) is 40.3 Å². The highest BCUT2D eigenvalue weighted by molar-refractivity contribution is 7.92. The Bertz CT molecular complexity index is 1150. The Labute approximate surface area is 180 Å². The predicted molar refractivity (Wildman–Crippen MR) is 120 cm³/mol. The number of nitrogens with one attached hydrogen (secondary N) is 2. The van der Waals surface area contributed by atoms with Gasteiger partial charge in [0.05, 0.1) is 10.6 Å². The van der Waals surface area contributed by atoms with E-state index in [4.69, 9.17) is 0 Å². The summed E-state index contributed by atoms with van der Waals surface area (Å²) in [6.45, 7) is 7.96. The molecule has 3 rings (SSSR count). The van der Waals surface area contributed by atoms with Gasteiger partial charge in [-0.2, -0.15) is 0 Å². The van der Waals surface area contributed by atoms with Crippen LogP contribution >= 0.6 is 11.3 Å². The lowest BCUT2D eigenvalue weighted by atomic mass is 10.1. The van der Waals surface area contributed by atoms with Crippen molar-refractivity contribution in [2.45, 2.75) is 39.0 Å². The summed E-state index contributed by atoms with van der Waals surface area (Å²) in [7, 11) is -3.76. The molecular formula is C21H24N4O3S2. The fourth-order valence-corrected chi connectivity index (χ4v) is 4.83. The Hall–Kier alpha value is -2.78. The summed E-state index contributed by atoms with van der Waals surface area (Å²) in [4.78, 5) is 12.5. The number of aromatic nitrogens is 2. The second-order valence-corrected chi connectivity index (χ2v) is 10.2. The maximum absolute atomic E-state index is 12.7. The summed E-state index contributed by atoms with van der Waals surface area (Å²) in [5.74, 6) is 0.0851. The number of sulfonamides is 1. The zero-order valence-corrected chi connectivity index (χ0v) is 18.9. The molecule has 1 heterocycles. The molecule has 3 aromatic rings. The quantitative estimate of drug-likeness (QED) is 0.562. The van der Waals surface area contributed by atoms with E-state index >= 15 is 0 Å². The molecule has 1 amide bonds. The van der Waals surface area contributed by atoms with E-state index in [9.17, 15) is 13.2 Å². The maximum atomic E-state index is 12.7. The van der Waals surface area contributed by atoms with E-state index in [1.807, 2.05) is 19.9 Å². The van der Waals surface area contributed by atoms with Crippen LogP contribution in [0.4, 0.5) is 10.8 Å². The molecule has 7 nitrogen and oxygen atoms in total. The van der Waals surface area contributed by atoms with E-state index in [0.29, 0.717) is 22.3 Å². The number of hydrogen-bond donors (Lipinski definition) is 2. The minimum atomic E-state index is -3.76. The normalized spacial score (nSPS) is 11.5. The van der Waals surface area contributed by atoms with Gasteiger partial charge in [0.25, 0.3) is 15.9 Å². The van der Waals surface area contributed by atoms with E-state index in [2.05, 4.69) is 34.1 Å². The van der Waals surface area contributed by atoms with Gasteiger partial charge < -0.3 is 0 Å². The summed E-state index contributed by atoms with van der Waals surface area (Å²) >= 11 is 1.34. The molecular weight excluding hydrogens is 420 g/mol. The van der Waals surface area contributed by atoms with Crippen LogP contribution in [0, 0.1) is 19.8 Å². The molecule has 2 N–H and O–H groups in total. The Morgan fingerprint density at radius 1 is 1.07 bits per heavy atom. The van der Waals surface area contributed by atoms with Crippen LogP contribution in [0.15, 0.2) is 47.4 Å². The third kappa shape index (κ3) is 5.22. The molecule has 158 valence electrons. The van der Waals surface area contributed by atoms with Crippen molar-refractivity contribution in [3.8, 4) is 0 Å². The van der Waals surface area contributed by atoms with Crippen LogP contribution < -0.4 is 10.0 Å². The second kappa shape index (κ2) is 8.93. The topological polar surface area (TPSA) is 101 Å². The summed E-state index contributed by atoms with van der Waals surface area (Å²) in [5, 5.41) is 12.0. The Morgan fingerprint density at radius 2 is 1.77 bits per heavy atom. The summed E-state index contributed by atoms with van der Waals surface area (Å²) < 4.78 is 28.0. The molecule has 0 spiro atoms. The van der Waals surface area contributed by atoms with E-state index in [-0.39, 0.29) is 10.8 Å². The number of anilines is 2. The predicted octanol–water partition coefficient (Wildman–Crippen LogP) is 4.41. The monoisotopic (exact) mass is 444 g/mol. The molecule has 0 fully saturated rings. The van der Waals surface area contributed by atoms with Gasteiger partial charge in [0.1, 0.15) is 5.01 Å². The highest BCUT2D eigenvalue weighted by Crippen LogP contribution is 2.23. The Morgan fingerprint density at radius 3 is 2.43 bits per heavy atom. The van der Waals surface area contributed by atoms with Gasteiger partial charge in [-0.15, -0.1) is 10.2 Å². The number of benzene rings is 2. The summed E-state index contributed by atoms with van der Waals surface area (Å²) in [6.07, 6.45) is 0.799. The molecule has 0 bridgehead atoms. The van der Waals surface area contributed by atoms with Crippen LogP contribution in [0.5, 0.6) is 0 Å². The minimum absolute atomic E-state index is 0.0788. The molecule has 0 saturated carbocycles. The number of nitrogens with zero attached hydrogens (tertiary/aromatic N) is 2. The van der Waals surface area contributed by atoms with Crippen molar-refractivity contribution in [3.63, 3.8) is 0 Å². The smallest absolute Gasteiger partial charge is 0.261 e. The van der Waals surface area contributed by atoms with Gasteiger partial charge in [-0.05, 0) is 61.2 Å². The van der Waals surface area contributed by atoms with Gasteiger partial charge in [-0.3, -0.25) is 14.8 Å². The number of carbonyl (C=O) groups is 1. The molecule has 0 radical (unpaired) electrons. The van der Waals surface area contributed by atoms with Crippen LogP contribution in [0.2, 0.25) is 0 Å².